The zero-order valence-corrected chi connectivity index (χ0v) is 12.8. The number of ketones is 1. The zero-order valence-electron chi connectivity index (χ0n) is 18.8. The summed E-state index contributed by atoms with van der Waals surface area (Å²) in [6, 6.07) is 0.0912. The molecule has 0 bridgehead atoms. The van der Waals surface area contributed by atoms with Crippen molar-refractivity contribution in [2.24, 2.45) is 28.6 Å². The van der Waals surface area contributed by atoms with E-state index < -0.39 is 24.2 Å². The number of allylic oxidation sites excluding steroid dienone is 1. The van der Waals surface area contributed by atoms with E-state index in [9.17, 15) is 9.90 Å². The lowest BCUT2D eigenvalue weighted by Gasteiger charge is -2.56. The van der Waals surface area contributed by atoms with Gasteiger partial charge >= 0.3 is 0 Å². The summed E-state index contributed by atoms with van der Waals surface area (Å²) in [6.45, 7) is 3.84. The molecule has 116 valence electrons. The minimum atomic E-state index is -2.93. The highest BCUT2D eigenvalue weighted by atomic mass is 16.3. The molecule has 0 aromatic heterocycles. The number of rotatable bonds is 0. The third-order valence-corrected chi connectivity index (χ3v) is 6.92. The molecule has 4 aliphatic carbocycles. The van der Waals surface area contributed by atoms with Crippen molar-refractivity contribution in [3.8, 4) is 0 Å². The molecule has 4 rings (SSSR count). The smallest absolute Gasteiger partial charge is 0.139 e. The van der Waals surface area contributed by atoms with Gasteiger partial charge in [-0.3, -0.25) is 4.79 Å². The Morgan fingerprint density at radius 2 is 2.10 bits per heavy atom. The number of carbonyl (C=O) groups excluding carboxylic acids is 1. The number of carbonyl (C=O) groups is 1. The molecule has 0 heterocycles. The maximum absolute atomic E-state index is 12.5. The van der Waals surface area contributed by atoms with E-state index >= 15 is 0 Å². The van der Waals surface area contributed by atoms with Crippen molar-refractivity contribution in [2.75, 3.05) is 0 Å². The first-order valence-corrected chi connectivity index (χ1v) is 8.16. The van der Waals surface area contributed by atoms with Gasteiger partial charge in [-0.1, -0.05) is 25.5 Å². The van der Waals surface area contributed by atoms with Crippen molar-refractivity contribution >= 4 is 5.78 Å². The second-order valence-electron chi connectivity index (χ2n) is 7.80. The maximum Gasteiger partial charge on any atom is 0.139 e. The average Bonchev–Trinajstić information content (AvgIpc) is 2.80. The van der Waals surface area contributed by atoms with Crippen LogP contribution < -0.4 is 0 Å². The van der Waals surface area contributed by atoms with Crippen LogP contribution in [0.4, 0.5) is 0 Å². The van der Waals surface area contributed by atoms with E-state index in [0.29, 0.717) is 25.7 Å². The second kappa shape index (κ2) is 4.44. The van der Waals surface area contributed by atoms with Crippen LogP contribution in [-0.2, 0) is 4.79 Å². The van der Waals surface area contributed by atoms with Crippen LogP contribution in [0, 0.1) is 28.6 Å². The third-order valence-electron chi connectivity index (χ3n) is 6.92. The van der Waals surface area contributed by atoms with Gasteiger partial charge in [0.25, 0.3) is 0 Å². The van der Waals surface area contributed by atoms with Gasteiger partial charge in [0.2, 0.25) is 0 Å². The van der Waals surface area contributed by atoms with Gasteiger partial charge in [-0.25, -0.2) is 0 Å². The molecule has 6 atom stereocenters. The molecule has 3 saturated carbocycles. The number of hydrogen-bond acceptors (Lipinski definition) is 2. The molecule has 0 aliphatic heterocycles. The van der Waals surface area contributed by atoms with Crippen molar-refractivity contribution in [3.63, 3.8) is 0 Å². The first kappa shape index (κ1) is 8.86. The van der Waals surface area contributed by atoms with Crippen molar-refractivity contribution in [1.29, 1.82) is 0 Å². The van der Waals surface area contributed by atoms with E-state index in [0.717, 1.165) is 6.42 Å². The fourth-order valence-corrected chi connectivity index (χ4v) is 5.58. The minimum absolute atomic E-state index is 0.0353. The van der Waals surface area contributed by atoms with E-state index in [1.807, 2.05) is 13.8 Å². The average molecular weight is 294 g/mol. The Morgan fingerprint density at radius 3 is 2.90 bits per heavy atom. The molecular formula is C19H28O2. The van der Waals surface area contributed by atoms with Gasteiger partial charge in [-0.05, 0) is 68.0 Å². The van der Waals surface area contributed by atoms with E-state index in [2.05, 4.69) is 0 Å². The molecule has 2 heteroatoms. The minimum Gasteiger partial charge on any atom is -0.393 e. The molecule has 3 fully saturated rings. The monoisotopic (exact) mass is 294 g/mol. The van der Waals surface area contributed by atoms with Gasteiger partial charge in [0, 0.05) is 17.3 Å². The summed E-state index contributed by atoms with van der Waals surface area (Å²) >= 11 is 0. The van der Waals surface area contributed by atoms with Gasteiger partial charge in [0.05, 0.1) is 8.82 Å². The second-order valence-corrected chi connectivity index (χ2v) is 7.80. The highest BCUT2D eigenvalue weighted by molar-refractivity contribution is 5.87. The summed E-state index contributed by atoms with van der Waals surface area (Å²) in [7, 11) is 0. The van der Waals surface area contributed by atoms with Crippen LogP contribution >= 0.6 is 0 Å². The van der Waals surface area contributed by atoms with Crippen LogP contribution in [0.1, 0.15) is 73.3 Å². The van der Waals surface area contributed by atoms with Gasteiger partial charge in [-0.15, -0.1) is 0 Å². The zero-order chi connectivity index (χ0) is 20.2. The lowest BCUT2D eigenvalue weighted by molar-refractivity contribution is -0.132. The summed E-state index contributed by atoms with van der Waals surface area (Å²) in [4.78, 5) is 12.5. The van der Waals surface area contributed by atoms with Gasteiger partial charge in [0.15, 0.2) is 0 Å². The molecular weight excluding hydrogens is 260 g/mol. The molecule has 0 aromatic rings. The Labute approximate surface area is 136 Å². The molecule has 0 radical (unpaired) electrons. The summed E-state index contributed by atoms with van der Waals surface area (Å²) in [5, 5.41) is 10.5. The lowest BCUT2D eigenvalue weighted by atomic mass is 9.48. The standard InChI is InChI=1S/C19H28O2/c1-18-9-7-13(20)11-12(18)3-4-14-15-5-6-17(21)19(15,2)10-8-16(14)18/h3,13-16,20H,4-11H2,1-2H3/t13?,14?,15?,16?,18-,19-/m0/s1/i3D,7D2,11D2,13D. The molecule has 0 amide bonds. The number of fused-ring (bicyclic) bond motifs is 5. The molecule has 0 saturated heterocycles. The van der Waals surface area contributed by atoms with Crippen molar-refractivity contribution in [3.05, 3.63) is 11.6 Å². The fraction of sp³-hybridized carbons (Fsp3) is 0.842. The number of Topliss-reactive ketones (excluding diaryl/α,β-unsaturated/α-hetero) is 1. The first-order chi connectivity index (χ1) is 12.2. The highest BCUT2D eigenvalue weighted by Gasteiger charge is 2.58. The number of aliphatic hydroxyl groups is 1. The lowest BCUT2D eigenvalue weighted by Crippen LogP contribution is -2.50. The Hall–Kier alpha value is -0.630. The van der Waals surface area contributed by atoms with Gasteiger partial charge in [-0.2, -0.15) is 0 Å². The van der Waals surface area contributed by atoms with Crippen LogP contribution in [0.5, 0.6) is 0 Å². The SMILES string of the molecule is [2H]C1=C2C([2H])([2H])C([2H])(O)C([2H])([2H])C[C@]2(C)C2CC[C@]3(C)C(=O)CCC3C2C1. The van der Waals surface area contributed by atoms with Crippen molar-refractivity contribution in [2.45, 2.75) is 71.2 Å². The normalized spacial score (nSPS) is 65.7. The summed E-state index contributed by atoms with van der Waals surface area (Å²) in [6.07, 6.45) is -5.06. The van der Waals surface area contributed by atoms with Gasteiger partial charge in [0.1, 0.15) is 5.78 Å². The summed E-state index contributed by atoms with van der Waals surface area (Å²) in [5.41, 5.74) is -1.19. The van der Waals surface area contributed by atoms with Crippen LogP contribution in [0.2, 0.25) is 0 Å². The molecule has 2 nitrogen and oxygen atoms in total. The molecule has 0 spiro atoms. The first-order valence-electron chi connectivity index (χ1n) is 11.2. The molecule has 4 aliphatic rings. The van der Waals surface area contributed by atoms with E-state index in [4.69, 9.17) is 8.22 Å². The Kier molecular flexibility index (Phi) is 1.87. The van der Waals surface area contributed by atoms with E-state index in [1.165, 1.54) is 0 Å². The molecule has 1 N–H and O–H groups in total. The fourth-order valence-electron chi connectivity index (χ4n) is 5.58. The highest BCUT2D eigenvalue weighted by Crippen LogP contribution is 2.63. The van der Waals surface area contributed by atoms with Crippen LogP contribution in [-0.4, -0.2) is 17.0 Å². The Morgan fingerprint density at radius 1 is 1.33 bits per heavy atom. The van der Waals surface area contributed by atoms with Crippen LogP contribution in [0.25, 0.3) is 0 Å². The van der Waals surface area contributed by atoms with Crippen LogP contribution in [0.15, 0.2) is 11.6 Å². The van der Waals surface area contributed by atoms with E-state index in [-0.39, 0.29) is 47.0 Å². The third kappa shape index (κ3) is 1.78. The summed E-state index contributed by atoms with van der Waals surface area (Å²) < 4.78 is 50.1. The predicted octanol–water partition coefficient (Wildman–Crippen LogP) is 3.88. The maximum atomic E-state index is 12.5. The summed E-state index contributed by atoms with van der Waals surface area (Å²) in [5.74, 6) is 0.454. The quantitative estimate of drug-likeness (QED) is 0.688. The van der Waals surface area contributed by atoms with Crippen LogP contribution in [0.3, 0.4) is 0 Å². The van der Waals surface area contributed by atoms with Crippen molar-refractivity contribution < 1.29 is 18.1 Å². The van der Waals surface area contributed by atoms with Gasteiger partial charge < -0.3 is 5.11 Å². The molecule has 0 aromatic carbocycles. The molecule has 4 unspecified atom stereocenters. The Bertz CT molecular complexity index is 744. The number of hydrogen-bond donors (Lipinski definition) is 1. The topological polar surface area (TPSA) is 37.3 Å². The largest absolute Gasteiger partial charge is 0.393 e. The van der Waals surface area contributed by atoms with Crippen molar-refractivity contribution in [1.82, 2.24) is 0 Å². The Balaban J connectivity index is 1.87. The predicted molar refractivity (Wildman–Crippen MR) is 82.7 cm³/mol. The van der Waals surface area contributed by atoms with E-state index in [1.54, 1.807) is 0 Å². The molecule has 21 heavy (non-hydrogen) atoms.